The SMILES string of the molecule is CCNC(=NCC1(CO)COC1)NC(C)c1ccc(OCC2CC2)c(F)c1.I. The summed E-state index contributed by atoms with van der Waals surface area (Å²) in [7, 11) is 0. The number of aliphatic hydroxyl groups excluding tert-OH is 1. The van der Waals surface area contributed by atoms with Crippen molar-refractivity contribution in [3.63, 3.8) is 0 Å². The highest BCUT2D eigenvalue weighted by molar-refractivity contribution is 14.0. The summed E-state index contributed by atoms with van der Waals surface area (Å²) in [6.45, 7) is 6.83. The third-order valence-corrected chi connectivity index (χ3v) is 5.05. The molecule has 0 bridgehead atoms. The number of hydrogen-bond acceptors (Lipinski definition) is 4. The van der Waals surface area contributed by atoms with Crippen molar-refractivity contribution in [1.82, 2.24) is 10.6 Å². The first-order valence-corrected chi connectivity index (χ1v) is 9.71. The molecule has 2 aliphatic rings. The normalized spacial score (nSPS) is 19.2. The molecule has 158 valence electrons. The number of aliphatic hydroxyl groups is 1. The Kier molecular flexibility index (Phi) is 8.76. The molecule has 2 fully saturated rings. The van der Waals surface area contributed by atoms with Gasteiger partial charge < -0.3 is 25.2 Å². The topological polar surface area (TPSA) is 75.1 Å². The lowest BCUT2D eigenvalue weighted by Gasteiger charge is -2.38. The van der Waals surface area contributed by atoms with E-state index >= 15 is 0 Å². The molecule has 1 aromatic carbocycles. The Morgan fingerprint density at radius 2 is 2.18 bits per heavy atom. The van der Waals surface area contributed by atoms with Gasteiger partial charge in [-0.25, -0.2) is 4.39 Å². The monoisotopic (exact) mass is 507 g/mol. The number of benzene rings is 1. The van der Waals surface area contributed by atoms with Crippen LogP contribution in [0.3, 0.4) is 0 Å². The van der Waals surface area contributed by atoms with E-state index in [0.29, 0.717) is 50.5 Å². The summed E-state index contributed by atoms with van der Waals surface area (Å²) in [4.78, 5) is 4.58. The highest BCUT2D eigenvalue weighted by Crippen LogP contribution is 2.31. The van der Waals surface area contributed by atoms with Gasteiger partial charge in [-0.1, -0.05) is 6.07 Å². The first-order chi connectivity index (χ1) is 13.0. The maximum atomic E-state index is 14.3. The maximum Gasteiger partial charge on any atom is 0.191 e. The summed E-state index contributed by atoms with van der Waals surface area (Å²) < 4.78 is 25.1. The number of ether oxygens (including phenoxy) is 2. The summed E-state index contributed by atoms with van der Waals surface area (Å²) in [6.07, 6.45) is 2.35. The van der Waals surface area contributed by atoms with Crippen molar-refractivity contribution in [2.45, 2.75) is 32.7 Å². The number of nitrogens with zero attached hydrogens (tertiary/aromatic N) is 1. The third kappa shape index (κ3) is 6.18. The minimum atomic E-state index is -0.338. The predicted molar refractivity (Wildman–Crippen MR) is 118 cm³/mol. The fourth-order valence-electron chi connectivity index (χ4n) is 2.87. The van der Waals surface area contributed by atoms with Crippen LogP contribution in [0.25, 0.3) is 0 Å². The highest BCUT2D eigenvalue weighted by Gasteiger charge is 2.38. The molecular formula is C20H31FIN3O3. The minimum Gasteiger partial charge on any atom is -0.490 e. The Hall–Kier alpha value is -1.13. The van der Waals surface area contributed by atoms with E-state index in [9.17, 15) is 9.50 Å². The van der Waals surface area contributed by atoms with Crippen molar-refractivity contribution in [2.75, 3.05) is 39.5 Å². The molecule has 0 radical (unpaired) electrons. The van der Waals surface area contributed by atoms with Gasteiger partial charge in [0.05, 0.1) is 44.4 Å². The molecular weight excluding hydrogens is 476 g/mol. The Morgan fingerprint density at radius 3 is 2.71 bits per heavy atom. The minimum absolute atomic E-state index is 0. The summed E-state index contributed by atoms with van der Waals surface area (Å²) in [6, 6.07) is 4.96. The molecule has 1 aliphatic heterocycles. The lowest BCUT2D eigenvalue weighted by molar-refractivity contribution is -0.130. The van der Waals surface area contributed by atoms with Crippen molar-refractivity contribution in [3.05, 3.63) is 29.6 Å². The Balaban J connectivity index is 0.00000280. The zero-order valence-electron chi connectivity index (χ0n) is 16.5. The molecule has 1 atom stereocenters. The van der Waals surface area contributed by atoms with Gasteiger partial charge >= 0.3 is 0 Å². The van der Waals surface area contributed by atoms with Crippen LogP contribution in [0, 0.1) is 17.2 Å². The molecule has 3 rings (SSSR count). The molecule has 0 aromatic heterocycles. The van der Waals surface area contributed by atoms with Crippen molar-refractivity contribution < 1.29 is 19.0 Å². The largest absolute Gasteiger partial charge is 0.490 e. The zero-order chi connectivity index (χ0) is 19.3. The van der Waals surface area contributed by atoms with Crippen LogP contribution < -0.4 is 15.4 Å². The van der Waals surface area contributed by atoms with Crippen molar-refractivity contribution in [1.29, 1.82) is 0 Å². The maximum absolute atomic E-state index is 14.3. The molecule has 1 unspecified atom stereocenters. The summed E-state index contributed by atoms with van der Waals surface area (Å²) >= 11 is 0. The molecule has 3 N–H and O–H groups in total. The average Bonchev–Trinajstić information content (AvgIpc) is 3.44. The zero-order valence-corrected chi connectivity index (χ0v) is 18.9. The van der Waals surface area contributed by atoms with Gasteiger partial charge in [-0.05, 0) is 50.3 Å². The van der Waals surface area contributed by atoms with Gasteiger partial charge in [0.1, 0.15) is 0 Å². The quantitative estimate of drug-likeness (QED) is 0.273. The first kappa shape index (κ1) is 23.2. The Bertz CT molecular complexity index is 661. The van der Waals surface area contributed by atoms with Crippen LogP contribution in [-0.4, -0.2) is 50.6 Å². The number of halogens is 2. The molecule has 6 nitrogen and oxygen atoms in total. The van der Waals surface area contributed by atoms with Gasteiger partial charge in [0.2, 0.25) is 0 Å². The predicted octanol–water partition coefficient (Wildman–Crippen LogP) is 2.86. The molecule has 1 aromatic rings. The average molecular weight is 507 g/mol. The van der Waals surface area contributed by atoms with Gasteiger partial charge in [-0.15, -0.1) is 24.0 Å². The van der Waals surface area contributed by atoms with Crippen molar-refractivity contribution in [3.8, 4) is 5.75 Å². The van der Waals surface area contributed by atoms with E-state index in [2.05, 4.69) is 15.6 Å². The summed E-state index contributed by atoms with van der Waals surface area (Å²) in [5.74, 6) is 1.20. The molecule has 0 spiro atoms. The fourth-order valence-corrected chi connectivity index (χ4v) is 2.87. The number of hydrogen-bond donors (Lipinski definition) is 3. The Morgan fingerprint density at radius 1 is 1.43 bits per heavy atom. The van der Waals surface area contributed by atoms with E-state index in [4.69, 9.17) is 9.47 Å². The van der Waals surface area contributed by atoms with Crippen molar-refractivity contribution >= 4 is 29.9 Å². The van der Waals surface area contributed by atoms with Crippen LogP contribution in [0.2, 0.25) is 0 Å². The lowest BCUT2D eigenvalue weighted by atomic mass is 9.87. The number of guanidine groups is 1. The highest BCUT2D eigenvalue weighted by atomic mass is 127. The molecule has 28 heavy (non-hydrogen) atoms. The molecule has 1 aliphatic carbocycles. The second kappa shape index (κ2) is 10.6. The summed E-state index contributed by atoms with van der Waals surface area (Å²) in [5.41, 5.74) is 0.541. The second-order valence-corrected chi connectivity index (χ2v) is 7.66. The van der Waals surface area contributed by atoms with Crippen LogP contribution in [0.1, 0.15) is 38.3 Å². The smallest absolute Gasteiger partial charge is 0.191 e. The molecule has 1 saturated carbocycles. The van der Waals surface area contributed by atoms with E-state index in [1.807, 2.05) is 19.9 Å². The fraction of sp³-hybridized carbons (Fsp3) is 0.650. The van der Waals surface area contributed by atoms with Gasteiger partial charge in [0.15, 0.2) is 17.5 Å². The third-order valence-electron chi connectivity index (χ3n) is 5.05. The Labute approximate surface area is 183 Å². The van der Waals surface area contributed by atoms with Crippen LogP contribution >= 0.6 is 24.0 Å². The van der Waals surface area contributed by atoms with E-state index in [1.165, 1.54) is 18.9 Å². The van der Waals surface area contributed by atoms with Crippen LogP contribution in [-0.2, 0) is 4.74 Å². The number of aliphatic imine (C=N–C) groups is 1. The molecule has 0 amide bonds. The molecule has 1 saturated heterocycles. The van der Waals surface area contributed by atoms with Crippen LogP contribution in [0.4, 0.5) is 4.39 Å². The molecule has 1 heterocycles. The number of rotatable bonds is 9. The van der Waals surface area contributed by atoms with Gasteiger partial charge in [-0.3, -0.25) is 4.99 Å². The number of nitrogens with one attached hydrogen (secondary N) is 2. The van der Waals surface area contributed by atoms with E-state index in [0.717, 1.165) is 5.56 Å². The van der Waals surface area contributed by atoms with E-state index < -0.39 is 0 Å². The van der Waals surface area contributed by atoms with Crippen LogP contribution in [0.15, 0.2) is 23.2 Å². The van der Waals surface area contributed by atoms with Gasteiger partial charge in [-0.2, -0.15) is 0 Å². The van der Waals surface area contributed by atoms with Gasteiger partial charge in [0, 0.05) is 6.54 Å². The molecule has 8 heteroatoms. The van der Waals surface area contributed by atoms with E-state index in [1.54, 1.807) is 6.07 Å². The van der Waals surface area contributed by atoms with Gasteiger partial charge in [0.25, 0.3) is 0 Å². The van der Waals surface area contributed by atoms with Crippen molar-refractivity contribution in [2.24, 2.45) is 16.3 Å². The van der Waals surface area contributed by atoms with Crippen LogP contribution in [0.5, 0.6) is 5.75 Å². The van der Waals surface area contributed by atoms with E-state index in [-0.39, 0.29) is 47.9 Å². The standard InChI is InChI=1S/C20H30FN3O3.HI/c1-3-22-19(23-10-20(11-25)12-26-13-20)24-14(2)16-6-7-18(17(21)8-16)27-9-15-4-5-15;/h6-8,14-15,25H,3-5,9-13H2,1-2H3,(H2,22,23,24);1H. The summed E-state index contributed by atoms with van der Waals surface area (Å²) in [5, 5.41) is 16.0. The lowest BCUT2D eigenvalue weighted by Crippen LogP contribution is -2.49. The second-order valence-electron chi connectivity index (χ2n) is 7.66. The first-order valence-electron chi connectivity index (χ1n) is 9.71.